The molecule has 0 aromatic heterocycles. The number of nitrogens with one attached hydrogen (secondary N) is 2. The first-order chi connectivity index (χ1) is 3.80. The Bertz CT molecular complexity index is 105. The molecule has 8 heavy (non-hydrogen) atoms. The molecule has 1 heterocycles. The van der Waals surface area contributed by atoms with E-state index in [0.29, 0.717) is 0 Å². The van der Waals surface area contributed by atoms with Crippen molar-refractivity contribution < 1.29 is 4.58 Å². The number of hydrogen-bond acceptors (Lipinski definition) is 0. The molecule has 0 unspecified atom stereocenters. The molecule has 1 saturated heterocycles. The van der Waals surface area contributed by atoms with Gasteiger partial charge in [-0.15, -0.1) is 0 Å². The fourth-order valence-corrected chi connectivity index (χ4v) is 0.741. The van der Waals surface area contributed by atoms with Crippen molar-refractivity contribution in [2.24, 2.45) is 0 Å². The van der Waals surface area contributed by atoms with Gasteiger partial charge >= 0.3 is 5.96 Å². The van der Waals surface area contributed by atoms with E-state index in [2.05, 4.69) is 10.6 Å². The molecule has 0 amide bonds. The fourth-order valence-electron chi connectivity index (χ4n) is 0.741. The van der Waals surface area contributed by atoms with Gasteiger partial charge in [-0.05, 0) is 0 Å². The van der Waals surface area contributed by atoms with Crippen LogP contribution < -0.4 is 10.6 Å². The van der Waals surface area contributed by atoms with Gasteiger partial charge in [0.25, 0.3) is 0 Å². The van der Waals surface area contributed by atoms with Crippen molar-refractivity contribution in [3.05, 3.63) is 0 Å². The summed E-state index contributed by atoms with van der Waals surface area (Å²) in [6.07, 6.45) is 0. The second-order valence-corrected chi connectivity index (χ2v) is 2.10. The van der Waals surface area contributed by atoms with Gasteiger partial charge in [-0.3, -0.25) is 15.2 Å². The minimum absolute atomic E-state index is 1.05. The van der Waals surface area contributed by atoms with Crippen molar-refractivity contribution in [2.45, 2.75) is 0 Å². The average molecular weight is 114 g/mol. The van der Waals surface area contributed by atoms with Gasteiger partial charge in [0.15, 0.2) is 0 Å². The van der Waals surface area contributed by atoms with Crippen molar-refractivity contribution in [2.75, 3.05) is 27.2 Å². The molecule has 0 saturated carbocycles. The highest BCUT2D eigenvalue weighted by atomic mass is 15.3. The molecule has 46 valence electrons. The Morgan fingerprint density at radius 3 is 2.00 bits per heavy atom. The van der Waals surface area contributed by atoms with Gasteiger partial charge in [-0.25, -0.2) is 0 Å². The SMILES string of the molecule is C[N+](C)=C1NCCN1. The number of hydrogen-bond donors (Lipinski definition) is 2. The first kappa shape index (κ1) is 5.41. The van der Waals surface area contributed by atoms with Crippen LogP contribution in [0, 0.1) is 0 Å². The summed E-state index contributed by atoms with van der Waals surface area (Å²) in [5.74, 6) is 1.13. The van der Waals surface area contributed by atoms with Crippen LogP contribution in [-0.4, -0.2) is 37.7 Å². The van der Waals surface area contributed by atoms with Crippen molar-refractivity contribution in [3.8, 4) is 0 Å². The summed E-state index contributed by atoms with van der Waals surface area (Å²) in [6, 6.07) is 0. The zero-order valence-corrected chi connectivity index (χ0v) is 5.36. The van der Waals surface area contributed by atoms with E-state index in [0.717, 1.165) is 19.0 Å². The van der Waals surface area contributed by atoms with Gasteiger partial charge < -0.3 is 0 Å². The van der Waals surface area contributed by atoms with Crippen molar-refractivity contribution in [1.29, 1.82) is 0 Å². The predicted molar refractivity (Wildman–Crippen MR) is 33.1 cm³/mol. The van der Waals surface area contributed by atoms with E-state index in [1.807, 2.05) is 18.7 Å². The van der Waals surface area contributed by atoms with Crippen molar-refractivity contribution in [1.82, 2.24) is 10.6 Å². The maximum absolute atomic E-state index is 3.19. The van der Waals surface area contributed by atoms with Gasteiger partial charge in [0.1, 0.15) is 0 Å². The van der Waals surface area contributed by atoms with Crippen LogP contribution in [0.2, 0.25) is 0 Å². The first-order valence-corrected chi connectivity index (χ1v) is 2.83. The summed E-state index contributed by atoms with van der Waals surface area (Å²) >= 11 is 0. The molecule has 1 fully saturated rings. The Balaban J connectivity index is 2.58. The molecule has 0 aromatic rings. The van der Waals surface area contributed by atoms with Crippen LogP contribution in [0.5, 0.6) is 0 Å². The predicted octanol–water partition coefficient (Wildman–Crippen LogP) is -1.19. The summed E-state index contributed by atoms with van der Waals surface area (Å²) in [4.78, 5) is 0. The van der Waals surface area contributed by atoms with E-state index >= 15 is 0 Å². The molecule has 0 aromatic carbocycles. The molecule has 0 spiro atoms. The monoisotopic (exact) mass is 114 g/mol. The van der Waals surface area contributed by atoms with Gasteiger partial charge in [0, 0.05) is 0 Å². The average Bonchev–Trinajstić information content (AvgIpc) is 2.12. The Hall–Kier alpha value is -0.730. The highest BCUT2D eigenvalue weighted by Crippen LogP contribution is 1.72. The van der Waals surface area contributed by atoms with Crippen LogP contribution in [0.25, 0.3) is 0 Å². The number of nitrogens with zero attached hydrogens (tertiary/aromatic N) is 1. The fraction of sp³-hybridized carbons (Fsp3) is 0.800. The molecule has 0 radical (unpaired) electrons. The molecule has 2 N–H and O–H groups in total. The normalized spacial score (nSPS) is 17.5. The topological polar surface area (TPSA) is 27.1 Å². The van der Waals surface area contributed by atoms with Crippen LogP contribution in [0.1, 0.15) is 0 Å². The molecular formula is C5H12N3+. The van der Waals surface area contributed by atoms with Crippen LogP contribution >= 0.6 is 0 Å². The standard InChI is InChI=1S/C5H11N3/c1-8(2)5-6-3-4-7-5/h3-4H2,1-2H3,(H,6,7)/p+1. The highest BCUT2D eigenvalue weighted by molar-refractivity contribution is 5.76. The lowest BCUT2D eigenvalue weighted by Gasteiger charge is -1.93. The van der Waals surface area contributed by atoms with E-state index < -0.39 is 0 Å². The van der Waals surface area contributed by atoms with E-state index in [1.165, 1.54) is 0 Å². The zero-order chi connectivity index (χ0) is 5.98. The van der Waals surface area contributed by atoms with E-state index in [-0.39, 0.29) is 0 Å². The molecule has 1 aliphatic heterocycles. The lowest BCUT2D eigenvalue weighted by molar-refractivity contribution is -0.468. The second kappa shape index (κ2) is 2.03. The minimum Gasteiger partial charge on any atom is -0.275 e. The summed E-state index contributed by atoms with van der Waals surface area (Å²) < 4.78 is 2.03. The van der Waals surface area contributed by atoms with E-state index in [1.54, 1.807) is 0 Å². The summed E-state index contributed by atoms with van der Waals surface area (Å²) in [5.41, 5.74) is 0. The smallest absolute Gasteiger partial charge is 0.275 e. The lowest BCUT2D eigenvalue weighted by Crippen LogP contribution is -2.32. The van der Waals surface area contributed by atoms with Gasteiger partial charge in [-0.2, -0.15) is 0 Å². The Labute approximate surface area is 49.4 Å². The molecule has 0 bridgehead atoms. The zero-order valence-electron chi connectivity index (χ0n) is 5.36. The third kappa shape index (κ3) is 0.911. The number of guanidine groups is 1. The third-order valence-electron chi connectivity index (χ3n) is 1.16. The van der Waals surface area contributed by atoms with E-state index in [9.17, 15) is 0 Å². The van der Waals surface area contributed by atoms with Gasteiger partial charge in [0.2, 0.25) is 0 Å². The van der Waals surface area contributed by atoms with Crippen LogP contribution in [-0.2, 0) is 0 Å². The Morgan fingerprint density at radius 2 is 1.75 bits per heavy atom. The summed E-state index contributed by atoms with van der Waals surface area (Å²) in [7, 11) is 4.03. The first-order valence-electron chi connectivity index (χ1n) is 2.83. The quantitative estimate of drug-likeness (QED) is 0.387. The van der Waals surface area contributed by atoms with Crippen LogP contribution in [0.15, 0.2) is 0 Å². The third-order valence-corrected chi connectivity index (χ3v) is 1.16. The van der Waals surface area contributed by atoms with Gasteiger partial charge in [-0.1, -0.05) is 0 Å². The summed E-state index contributed by atoms with van der Waals surface area (Å²) in [6.45, 7) is 2.10. The maximum atomic E-state index is 3.19. The molecule has 1 aliphatic rings. The molecular weight excluding hydrogens is 102 g/mol. The Kier molecular flexibility index (Phi) is 1.37. The Morgan fingerprint density at radius 1 is 1.25 bits per heavy atom. The molecule has 0 aliphatic carbocycles. The summed E-state index contributed by atoms with van der Waals surface area (Å²) in [5, 5.41) is 6.38. The highest BCUT2D eigenvalue weighted by Gasteiger charge is 2.12. The largest absolute Gasteiger partial charge is 0.345 e. The van der Waals surface area contributed by atoms with Crippen molar-refractivity contribution >= 4 is 5.96 Å². The molecule has 0 atom stereocenters. The van der Waals surface area contributed by atoms with Crippen molar-refractivity contribution in [3.63, 3.8) is 0 Å². The molecule has 1 rings (SSSR count). The van der Waals surface area contributed by atoms with Gasteiger partial charge in [0.05, 0.1) is 27.2 Å². The maximum Gasteiger partial charge on any atom is 0.345 e. The molecule has 3 heteroatoms. The lowest BCUT2D eigenvalue weighted by atomic mass is 10.7. The van der Waals surface area contributed by atoms with E-state index in [4.69, 9.17) is 0 Å². The van der Waals surface area contributed by atoms with Crippen LogP contribution in [0.4, 0.5) is 0 Å². The molecule has 3 nitrogen and oxygen atoms in total. The number of rotatable bonds is 0. The second-order valence-electron chi connectivity index (χ2n) is 2.10. The van der Waals surface area contributed by atoms with Crippen LogP contribution in [0.3, 0.4) is 0 Å². The minimum atomic E-state index is 1.05.